The SMILES string of the molecule is COC(=O)C(C[C@@H]1C=C(c2ccccc2)C(=O)[C@]1(O)c1ccccc1)C(=O)OC. The van der Waals surface area contributed by atoms with Crippen molar-refractivity contribution in [1.82, 2.24) is 0 Å². The van der Waals surface area contributed by atoms with Crippen LogP contribution >= 0.6 is 0 Å². The van der Waals surface area contributed by atoms with Gasteiger partial charge in [0.05, 0.1) is 14.2 Å². The summed E-state index contributed by atoms with van der Waals surface area (Å²) in [4.78, 5) is 37.7. The van der Waals surface area contributed by atoms with Gasteiger partial charge in [-0.3, -0.25) is 14.4 Å². The molecule has 1 aliphatic rings. The smallest absolute Gasteiger partial charge is 0.320 e. The molecule has 0 aliphatic heterocycles. The van der Waals surface area contributed by atoms with Crippen molar-refractivity contribution in [3.63, 3.8) is 0 Å². The molecule has 0 radical (unpaired) electrons. The molecule has 0 unspecified atom stereocenters. The van der Waals surface area contributed by atoms with E-state index in [2.05, 4.69) is 0 Å². The van der Waals surface area contributed by atoms with Crippen LogP contribution in [0.1, 0.15) is 17.5 Å². The Morgan fingerprint density at radius 1 is 0.966 bits per heavy atom. The number of ether oxygens (including phenoxy) is 2. The van der Waals surface area contributed by atoms with Crippen LogP contribution < -0.4 is 0 Å². The number of esters is 2. The zero-order valence-corrected chi connectivity index (χ0v) is 16.2. The molecule has 1 aliphatic carbocycles. The maximum atomic E-state index is 13.3. The first-order valence-corrected chi connectivity index (χ1v) is 9.19. The van der Waals surface area contributed by atoms with E-state index in [1.54, 1.807) is 60.7 Å². The molecule has 0 saturated carbocycles. The third-order valence-corrected chi connectivity index (χ3v) is 5.25. The summed E-state index contributed by atoms with van der Waals surface area (Å²) in [6, 6.07) is 17.5. The molecular weight excluding hydrogens is 372 g/mol. The molecule has 0 aromatic heterocycles. The molecule has 6 heteroatoms. The minimum atomic E-state index is -1.91. The fraction of sp³-hybridized carbons (Fsp3) is 0.261. The van der Waals surface area contributed by atoms with Gasteiger partial charge in [0, 0.05) is 11.5 Å². The minimum absolute atomic E-state index is 0.132. The molecule has 2 aromatic rings. The second-order valence-electron chi connectivity index (χ2n) is 6.85. The van der Waals surface area contributed by atoms with Crippen LogP contribution in [-0.4, -0.2) is 37.0 Å². The van der Waals surface area contributed by atoms with Gasteiger partial charge in [0.25, 0.3) is 0 Å². The van der Waals surface area contributed by atoms with E-state index in [1.165, 1.54) is 14.2 Å². The Morgan fingerprint density at radius 3 is 2.00 bits per heavy atom. The van der Waals surface area contributed by atoms with Crippen LogP contribution in [0.4, 0.5) is 0 Å². The number of carbonyl (C=O) groups excluding carboxylic acids is 3. The fourth-order valence-corrected chi connectivity index (χ4v) is 3.72. The quantitative estimate of drug-likeness (QED) is 0.598. The summed E-state index contributed by atoms with van der Waals surface area (Å²) >= 11 is 0. The predicted octanol–water partition coefficient (Wildman–Crippen LogP) is 2.51. The maximum absolute atomic E-state index is 13.3. The Bertz CT molecular complexity index is 918. The molecule has 2 aromatic carbocycles. The lowest BCUT2D eigenvalue weighted by Gasteiger charge is -2.30. The normalized spacial score (nSPS) is 21.0. The van der Waals surface area contributed by atoms with Gasteiger partial charge in [-0.2, -0.15) is 0 Å². The van der Waals surface area contributed by atoms with E-state index in [9.17, 15) is 19.5 Å². The van der Waals surface area contributed by atoms with Gasteiger partial charge in [-0.25, -0.2) is 0 Å². The van der Waals surface area contributed by atoms with Crippen LogP contribution in [0.2, 0.25) is 0 Å². The third kappa shape index (κ3) is 3.71. The van der Waals surface area contributed by atoms with Crippen LogP contribution in [0, 0.1) is 11.8 Å². The van der Waals surface area contributed by atoms with E-state index in [0.717, 1.165) is 0 Å². The van der Waals surface area contributed by atoms with Crippen molar-refractivity contribution < 1.29 is 29.0 Å². The van der Waals surface area contributed by atoms with Gasteiger partial charge in [-0.1, -0.05) is 66.7 Å². The number of ketones is 1. The van der Waals surface area contributed by atoms with Crippen LogP contribution in [0.25, 0.3) is 5.57 Å². The predicted molar refractivity (Wildman–Crippen MR) is 105 cm³/mol. The highest BCUT2D eigenvalue weighted by Gasteiger charge is 2.52. The molecule has 0 bridgehead atoms. The third-order valence-electron chi connectivity index (χ3n) is 5.25. The monoisotopic (exact) mass is 394 g/mol. The molecule has 0 amide bonds. The van der Waals surface area contributed by atoms with E-state index >= 15 is 0 Å². The number of methoxy groups -OCH3 is 2. The van der Waals surface area contributed by atoms with E-state index in [0.29, 0.717) is 16.7 Å². The Kier molecular flexibility index (Phi) is 5.94. The number of hydrogen-bond acceptors (Lipinski definition) is 6. The topological polar surface area (TPSA) is 89.9 Å². The number of hydrogen-bond donors (Lipinski definition) is 1. The fourth-order valence-electron chi connectivity index (χ4n) is 3.72. The Labute approximate surface area is 168 Å². The van der Waals surface area contributed by atoms with Gasteiger partial charge in [0.2, 0.25) is 0 Å². The Balaban J connectivity index is 2.08. The first-order valence-electron chi connectivity index (χ1n) is 9.19. The maximum Gasteiger partial charge on any atom is 0.320 e. The number of Topliss-reactive ketones (excluding diaryl/α,β-unsaturated/α-hetero) is 1. The highest BCUT2D eigenvalue weighted by atomic mass is 16.5. The summed E-state index contributed by atoms with van der Waals surface area (Å²) in [5, 5.41) is 11.6. The van der Waals surface area contributed by atoms with Crippen molar-refractivity contribution in [3.05, 3.63) is 77.9 Å². The van der Waals surface area contributed by atoms with Crippen molar-refractivity contribution in [3.8, 4) is 0 Å². The van der Waals surface area contributed by atoms with Crippen molar-refractivity contribution in [2.45, 2.75) is 12.0 Å². The Hall–Kier alpha value is -3.25. The molecule has 0 heterocycles. The van der Waals surface area contributed by atoms with Crippen molar-refractivity contribution in [2.24, 2.45) is 11.8 Å². The van der Waals surface area contributed by atoms with Crippen molar-refractivity contribution >= 4 is 23.3 Å². The summed E-state index contributed by atoms with van der Waals surface area (Å²) < 4.78 is 9.46. The van der Waals surface area contributed by atoms with Crippen molar-refractivity contribution in [2.75, 3.05) is 14.2 Å². The molecule has 3 rings (SSSR count). The summed E-state index contributed by atoms with van der Waals surface area (Å²) in [6.07, 6.45) is 1.50. The largest absolute Gasteiger partial charge is 0.468 e. The first-order chi connectivity index (χ1) is 13.9. The molecule has 6 nitrogen and oxygen atoms in total. The Morgan fingerprint density at radius 2 is 1.48 bits per heavy atom. The number of rotatable bonds is 6. The summed E-state index contributed by atoms with van der Waals surface area (Å²) in [7, 11) is 2.35. The van der Waals surface area contributed by atoms with Crippen molar-refractivity contribution in [1.29, 1.82) is 0 Å². The van der Waals surface area contributed by atoms with E-state index < -0.39 is 35.2 Å². The zero-order chi connectivity index (χ0) is 21.0. The molecule has 0 fully saturated rings. The van der Waals surface area contributed by atoms with Crippen LogP contribution in [0.15, 0.2) is 66.7 Å². The summed E-state index contributed by atoms with van der Waals surface area (Å²) in [5.41, 5.74) is -0.518. The lowest BCUT2D eigenvalue weighted by molar-refractivity contribution is -0.161. The second kappa shape index (κ2) is 8.41. The molecule has 0 saturated heterocycles. The molecule has 29 heavy (non-hydrogen) atoms. The number of aliphatic hydroxyl groups is 1. The molecule has 150 valence electrons. The first kappa shape index (κ1) is 20.5. The molecular formula is C23H22O6. The van der Waals surface area contributed by atoms with Gasteiger partial charge in [-0.15, -0.1) is 0 Å². The van der Waals surface area contributed by atoms with Crippen LogP contribution in [0.3, 0.4) is 0 Å². The van der Waals surface area contributed by atoms with Crippen LogP contribution in [-0.2, 0) is 29.5 Å². The number of carbonyl (C=O) groups is 3. The average molecular weight is 394 g/mol. The average Bonchev–Trinajstić information content (AvgIpc) is 3.03. The van der Waals surface area contributed by atoms with Crippen LogP contribution in [0.5, 0.6) is 0 Å². The molecule has 2 atom stereocenters. The van der Waals surface area contributed by atoms with E-state index in [-0.39, 0.29) is 6.42 Å². The van der Waals surface area contributed by atoms with Gasteiger partial charge in [0.1, 0.15) is 0 Å². The van der Waals surface area contributed by atoms with E-state index in [1.807, 2.05) is 6.07 Å². The summed E-state index contributed by atoms with van der Waals surface area (Å²) in [5.74, 6) is -4.11. The van der Waals surface area contributed by atoms with Gasteiger partial charge >= 0.3 is 11.9 Å². The second-order valence-corrected chi connectivity index (χ2v) is 6.85. The molecule has 1 N–H and O–H groups in total. The number of benzene rings is 2. The van der Waals surface area contributed by atoms with Gasteiger partial charge in [0.15, 0.2) is 17.3 Å². The lowest BCUT2D eigenvalue weighted by atomic mass is 9.77. The standard InChI is InChI=1S/C23H22O6/c1-28-21(25)19(22(26)29-2)14-17-13-18(15-9-5-3-6-10-15)20(24)23(17,27)16-11-7-4-8-12-16/h3-13,17,19,27H,14H2,1-2H3/t17-,23-/m0/s1. The molecule has 0 spiro atoms. The highest BCUT2D eigenvalue weighted by molar-refractivity contribution is 6.27. The minimum Gasteiger partial charge on any atom is -0.468 e. The van der Waals surface area contributed by atoms with Gasteiger partial charge in [-0.05, 0) is 17.5 Å². The summed E-state index contributed by atoms with van der Waals surface area (Å²) in [6.45, 7) is 0. The lowest BCUT2D eigenvalue weighted by Crippen LogP contribution is -2.41. The van der Waals surface area contributed by atoms with Gasteiger partial charge < -0.3 is 14.6 Å². The highest BCUT2D eigenvalue weighted by Crippen LogP contribution is 2.46. The van der Waals surface area contributed by atoms with E-state index in [4.69, 9.17) is 9.47 Å². The zero-order valence-electron chi connectivity index (χ0n) is 16.2.